The molecule has 2 aromatic heterocycles. The summed E-state index contributed by atoms with van der Waals surface area (Å²) in [5.41, 5.74) is 2.72. The van der Waals surface area contributed by atoms with Crippen LogP contribution in [0, 0.1) is 11.3 Å². The number of carbonyl (C=O) groups excluding carboxylic acids is 1. The Labute approximate surface area is 132 Å². The normalized spacial score (nSPS) is 12.2. The second-order valence-electron chi connectivity index (χ2n) is 5.07. The maximum absolute atomic E-state index is 12.8. The van der Waals surface area contributed by atoms with Gasteiger partial charge in [-0.1, -0.05) is 19.1 Å². The molecule has 3 rings (SSSR count). The number of nitrogens with zero attached hydrogens (tertiary/aromatic N) is 3. The minimum Gasteiger partial charge on any atom is -0.330 e. The molecule has 5 heteroatoms. The molecule has 110 valence electrons. The third kappa shape index (κ3) is 2.22. The lowest BCUT2D eigenvalue weighted by atomic mass is 10.0. The molecule has 0 saturated carbocycles. The number of imidazole rings is 1. The zero-order chi connectivity index (χ0) is 15.7. The minimum absolute atomic E-state index is 0.159. The molecule has 0 N–H and O–H groups in total. The predicted molar refractivity (Wildman–Crippen MR) is 87.1 cm³/mol. The Morgan fingerprint density at radius 3 is 2.86 bits per heavy atom. The Bertz CT molecular complexity index is 885. The van der Waals surface area contributed by atoms with E-state index < -0.39 is 5.92 Å². The highest BCUT2D eigenvalue weighted by Crippen LogP contribution is 2.27. The second kappa shape index (κ2) is 5.74. The van der Waals surface area contributed by atoms with Crippen molar-refractivity contribution in [2.75, 3.05) is 0 Å². The number of nitriles is 1. The summed E-state index contributed by atoms with van der Waals surface area (Å²) in [6.07, 6.45) is 0.783. The molecule has 22 heavy (non-hydrogen) atoms. The highest BCUT2D eigenvalue weighted by Gasteiger charge is 2.28. The van der Waals surface area contributed by atoms with Crippen LogP contribution in [0.3, 0.4) is 0 Å². The van der Waals surface area contributed by atoms with Gasteiger partial charge in [-0.05, 0) is 35.6 Å². The molecule has 0 unspecified atom stereocenters. The fraction of sp³-hybridized carbons (Fsp3) is 0.235. The summed E-state index contributed by atoms with van der Waals surface area (Å²) in [4.78, 5) is 17.9. The van der Waals surface area contributed by atoms with Crippen molar-refractivity contribution in [1.29, 1.82) is 5.26 Å². The molecule has 0 aliphatic rings. The van der Waals surface area contributed by atoms with E-state index in [1.54, 1.807) is 0 Å². The summed E-state index contributed by atoms with van der Waals surface area (Å²) >= 11 is 1.40. The largest absolute Gasteiger partial charge is 0.330 e. The maximum atomic E-state index is 12.8. The maximum Gasteiger partial charge on any atom is 0.197 e. The van der Waals surface area contributed by atoms with Crippen LogP contribution in [0.5, 0.6) is 0 Å². The van der Waals surface area contributed by atoms with Crippen LogP contribution in [-0.2, 0) is 13.5 Å². The number of aromatic nitrogens is 2. The zero-order valence-corrected chi connectivity index (χ0v) is 13.2. The Morgan fingerprint density at radius 1 is 1.41 bits per heavy atom. The van der Waals surface area contributed by atoms with Crippen molar-refractivity contribution >= 4 is 28.2 Å². The van der Waals surface area contributed by atoms with Crippen LogP contribution in [-0.4, -0.2) is 15.3 Å². The van der Waals surface area contributed by atoms with Crippen LogP contribution < -0.4 is 0 Å². The molecule has 0 aliphatic carbocycles. The van der Waals surface area contributed by atoms with Crippen LogP contribution in [0.4, 0.5) is 0 Å². The van der Waals surface area contributed by atoms with Gasteiger partial charge in [-0.25, -0.2) is 4.98 Å². The fourth-order valence-electron chi connectivity index (χ4n) is 2.62. The number of hydrogen-bond acceptors (Lipinski definition) is 4. The second-order valence-corrected chi connectivity index (χ2v) is 5.99. The monoisotopic (exact) mass is 309 g/mol. The summed E-state index contributed by atoms with van der Waals surface area (Å²) < 4.78 is 1.83. The first kappa shape index (κ1) is 14.5. The van der Waals surface area contributed by atoms with Gasteiger partial charge in [0.2, 0.25) is 0 Å². The van der Waals surface area contributed by atoms with Gasteiger partial charge in [0.05, 0.1) is 22.0 Å². The van der Waals surface area contributed by atoms with Gasteiger partial charge in [-0.2, -0.15) is 5.26 Å². The summed E-state index contributed by atoms with van der Waals surface area (Å²) in [6.45, 7) is 2.01. The van der Waals surface area contributed by atoms with Crippen LogP contribution >= 0.6 is 11.3 Å². The van der Waals surface area contributed by atoms with E-state index in [2.05, 4.69) is 11.1 Å². The van der Waals surface area contributed by atoms with E-state index >= 15 is 0 Å². The van der Waals surface area contributed by atoms with Gasteiger partial charge in [0.15, 0.2) is 11.7 Å². The predicted octanol–water partition coefficient (Wildman–Crippen LogP) is 3.69. The van der Waals surface area contributed by atoms with Crippen LogP contribution in [0.15, 0.2) is 35.7 Å². The van der Waals surface area contributed by atoms with Crippen molar-refractivity contribution in [3.8, 4) is 6.07 Å². The number of hydrogen-bond donors (Lipinski definition) is 0. The summed E-state index contributed by atoms with van der Waals surface area (Å²) in [5, 5.41) is 11.4. The Hall–Kier alpha value is -2.45. The van der Waals surface area contributed by atoms with Gasteiger partial charge in [-0.3, -0.25) is 4.79 Å². The third-order valence-corrected chi connectivity index (χ3v) is 4.79. The summed E-state index contributed by atoms with van der Waals surface area (Å²) in [5.74, 6) is -0.529. The van der Waals surface area contributed by atoms with Gasteiger partial charge in [0.25, 0.3) is 0 Å². The zero-order valence-electron chi connectivity index (χ0n) is 12.4. The number of thiophene rings is 1. The van der Waals surface area contributed by atoms with Crippen molar-refractivity contribution < 1.29 is 4.79 Å². The van der Waals surface area contributed by atoms with Crippen molar-refractivity contribution in [3.05, 3.63) is 52.0 Å². The molecule has 0 spiro atoms. The first-order chi connectivity index (χ1) is 10.7. The van der Waals surface area contributed by atoms with Gasteiger partial charge >= 0.3 is 0 Å². The number of carbonyl (C=O) groups is 1. The highest BCUT2D eigenvalue weighted by molar-refractivity contribution is 7.12. The molecule has 0 amide bonds. The highest BCUT2D eigenvalue weighted by atomic mass is 32.1. The van der Waals surface area contributed by atoms with Gasteiger partial charge < -0.3 is 4.57 Å². The molecular weight excluding hydrogens is 294 g/mol. The molecule has 0 fully saturated rings. The number of rotatable bonds is 4. The van der Waals surface area contributed by atoms with Crippen LogP contribution in [0.25, 0.3) is 11.0 Å². The molecule has 0 saturated heterocycles. The molecule has 1 aromatic carbocycles. The standard InChI is InChI=1S/C17H15N3OS/c1-3-11-8-9-22-16(11)15(21)12(10-18)17-19-13-6-4-5-7-14(13)20(17)2/h4-9,12H,3H2,1-2H3/t12-/m1/s1. The topological polar surface area (TPSA) is 58.7 Å². The summed E-state index contributed by atoms with van der Waals surface area (Å²) in [7, 11) is 1.84. The smallest absolute Gasteiger partial charge is 0.197 e. The van der Waals surface area contributed by atoms with E-state index in [0.717, 1.165) is 23.0 Å². The van der Waals surface area contributed by atoms with E-state index in [4.69, 9.17) is 0 Å². The number of para-hydroxylation sites is 2. The molecule has 0 bridgehead atoms. The quantitative estimate of drug-likeness (QED) is 0.691. The molecular formula is C17H15N3OS. The average Bonchev–Trinajstić information content (AvgIpc) is 3.14. The van der Waals surface area contributed by atoms with Crippen LogP contribution in [0.2, 0.25) is 0 Å². The van der Waals surface area contributed by atoms with E-state index in [1.807, 2.05) is 54.3 Å². The Morgan fingerprint density at radius 2 is 2.18 bits per heavy atom. The number of Topliss-reactive ketones (excluding diaryl/α,β-unsaturated/α-hetero) is 1. The number of benzene rings is 1. The van der Waals surface area contributed by atoms with E-state index in [9.17, 15) is 10.1 Å². The average molecular weight is 309 g/mol. The van der Waals surface area contributed by atoms with E-state index in [0.29, 0.717) is 10.7 Å². The van der Waals surface area contributed by atoms with Crippen molar-refractivity contribution in [2.24, 2.45) is 7.05 Å². The molecule has 3 aromatic rings. The first-order valence-electron chi connectivity index (χ1n) is 7.09. The minimum atomic E-state index is -0.874. The van der Waals surface area contributed by atoms with Gasteiger partial charge in [0.1, 0.15) is 5.82 Å². The van der Waals surface area contributed by atoms with E-state index in [1.165, 1.54) is 11.3 Å². The van der Waals surface area contributed by atoms with Crippen LogP contribution in [0.1, 0.15) is 33.9 Å². The number of fused-ring (bicyclic) bond motifs is 1. The Kier molecular flexibility index (Phi) is 3.78. The molecule has 2 heterocycles. The molecule has 0 radical (unpaired) electrons. The lowest BCUT2D eigenvalue weighted by Crippen LogP contribution is -2.15. The Balaban J connectivity index is 2.09. The van der Waals surface area contributed by atoms with Gasteiger partial charge in [0, 0.05) is 7.05 Å². The first-order valence-corrected chi connectivity index (χ1v) is 7.96. The SMILES string of the molecule is CCc1ccsc1C(=O)[C@@H](C#N)c1nc2ccccc2n1C. The van der Waals surface area contributed by atoms with E-state index in [-0.39, 0.29) is 5.78 Å². The number of ketones is 1. The molecule has 1 atom stereocenters. The lowest BCUT2D eigenvalue weighted by molar-refractivity contribution is 0.0978. The molecule has 0 aliphatic heterocycles. The fourth-order valence-corrected chi connectivity index (χ4v) is 3.58. The molecule has 4 nitrogen and oxygen atoms in total. The number of aryl methyl sites for hydroxylation is 2. The van der Waals surface area contributed by atoms with Crippen molar-refractivity contribution in [1.82, 2.24) is 9.55 Å². The lowest BCUT2D eigenvalue weighted by Gasteiger charge is -2.08. The third-order valence-electron chi connectivity index (χ3n) is 3.82. The summed E-state index contributed by atoms with van der Waals surface area (Å²) in [6, 6.07) is 11.7. The van der Waals surface area contributed by atoms with Gasteiger partial charge in [-0.15, -0.1) is 11.3 Å². The van der Waals surface area contributed by atoms with Crippen molar-refractivity contribution in [3.63, 3.8) is 0 Å². The van der Waals surface area contributed by atoms with Crippen molar-refractivity contribution in [2.45, 2.75) is 19.3 Å².